The Morgan fingerprint density at radius 2 is 1.82 bits per heavy atom. The van der Waals surface area contributed by atoms with Crippen LogP contribution in [-0.2, 0) is 0 Å². The summed E-state index contributed by atoms with van der Waals surface area (Å²) in [6.45, 7) is 0. The van der Waals surface area contributed by atoms with Crippen LogP contribution in [0.15, 0.2) is 36.4 Å². The minimum Gasteiger partial charge on any atom is -0.477 e. The van der Waals surface area contributed by atoms with Gasteiger partial charge < -0.3 is 10.8 Å². The molecule has 2 rings (SSSR count). The number of hydrogen-bond donors (Lipinski definition) is 2. The van der Waals surface area contributed by atoms with Crippen molar-refractivity contribution >= 4 is 11.8 Å². The van der Waals surface area contributed by atoms with Gasteiger partial charge in [0.1, 0.15) is 11.6 Å². The highest BCUT2D eigenvalue weighted by molar-refractivity contribution is 5.87. The summed E-state index contributed by atoms with van der Waals surface area (Å²) in [6.07, 6.45) is 0. The summed E-state index contributed by atoms with van der Waals surface area (Å²) in [5.41, 5.74) is 6.81. The molecule has 0 aliphatic heterocycles. The third-order valence-corrected chi connectivity index (χ3v) is 2.30. The number of nitrogen functional groups attached to an aromatic ring is 1. The second-order valence-electron chi connectivity index (χ2n) is 3.44. The number of anilines is 1. The number of nitrogens with two attached hydrogens (primary N) is 1. The van der Waals surface area contributed by atoms with Gasteiger partial charge in [-0.25, -0.2) is 14.2 Å². The highest BCUT2D eigenvalue weighted by atomic mass is 19.1. The first kappa shape index (κ1) is 11.1. The normalized spacial score (nSPS) is 10.2. The summed E-state index contributed by atoms with van der Waals surface area (Å²) in [7, 11) is 0. The molecule has 1 aromatic carbocycles. The van der Waals surface area contributed by atoms with Crippen LogP contribution in [0, 0.1) is 5.82 Å². The molecule has 0 saturated heterocycles. The molecule has 86 valence electrons. The van der Waals surface area contributed by atoms with Crippen molar-refractivity contribution in [1.29, 1.82) is 0 Å². The molecule has 3 N–H and O–H groups in total. The molecule has 0 aliphatic rings. The topological polar surface area (TPSA) is 76.2 Å². The zero-order valence-corrected chi connectivity index (χ0v) is 8.72. The Morgan fingerprint density at radius 3 is 2.35 bits per heavy atom. The van der Waals surface area contributed by atoms with E-state index in [0.717, 1.165) is 0 Å². The van der Waals surface area contributed by atoms with Gasteiger partial charge in [0, 0.05) is 5.56 Å². The van der Waals surface area contributed by atoms with Crippen LogP contribution in [0.25, 0.3) is 11.1 Å². The summed E-state index contributed by atoms with van der Waals surface area (Å²) >= 11 is 0. The van der Waals surface area contributed by atoms with Crippen LogP contribution < -0.4 is 5.73 Å². The number of halogens is 1. The molecule has 0 bridgehead atoms. The lowest BCUT2D eigenvalue weighted by Crippen LogP contribution is -2.04. The molecule has 0 radical (unpaired) electrons. The van der Waals surface area contributed by atoms with Crippen molar-refractivity contribution in [3.63, 3.8) is 0 Å². The molecular formula is C12H9FN2O2. The van der Waals surface area contributed by atoms with Crippen LogP contribution >= 0.6 is 0 Å². The Morgan fingerprint density at radius 1 is 1.18 bits per heavy atom. The number of nitrogens with zero attached hydrogens (tertiary/aromatic N) is 1. The summed E-state index contributed by atoms with van der Waals surface area (Å²) in [5, 5.41) is 8.74. The van der Waals surface area contributed by atoms with Crippen molar-refractivity contribution in [3.05, 3.63) is 47.9 Å². The van der Waals surface area contributed by atoms with E-state index in [2.05, 4.69) is 4.98 Å². The van der Waals surface area contributed by atoms with Crippen LogP contribution in [0.3, 0.4) is 0 Å². The van der Waals surface area contributed by atoms with E-state index in [1.165, 1.54) is 18.2 Å². The van der Waals surface area contributed by atoms with Crippen LogP contribution in [0.1, 0.15) is 10.5 Å². The fourth-order valence-electron chi connectivity index (χ4n) is 1.47. The molecule has 0 fully saturated rings. The van der Waals surface area contributed by atoms with E-state index in [9.17, 15) is 9.18 Å². The molecule has 0 saturated carbocycles. The van der Waals surface area contributed by atoms with Crippen molar-refractivity contribution in [2.24, 2.45) is 0 Å². The molecule has 2 aromatic rings. The number of rotatable bonds is 2. The van der Waals surface area contributed by atoms with Crippen LogP contribution in [-0.4, -0.2) is 16.1 Å². The first-order valence-corrected chi connectivity index (χ1v) is 4.83. The third-order valence-electron chi connectivity index (χ3n) is 2.30. The van der Waals surface area contributed by atoms with Crippen molar-refractivity contribution in [1.82, 2.24) is 4.98 Å². The number of pyridine rings is 1. The number of aromatic nitrogens is 1. The second-order valence-corrected chi connectivity index (χ2v) is 3.44. The number of aromatic carboxylic acids is 1. The average Bonchev–Trinajstić information content (AvgIpc) is 2.30. The molecule has 0 unspecified atom stereocenters. The average molecular weight is 232 g/mol. The van der Waals surface area contributed by atoms with Gasteiger partial charge >= 0.3 is 5.97 Å². The fourth-order valence-corrected chi connectivity index (χ4v) is 1.47. The van der Waals surface area contributed by atoms with Crippen molar-refractivity contribution in [2.75, 3.05) is 5.73 Å². The molecule has 0 spiro atoms. The fraction of sp³-hybridized carbons (Fsp3) is 0. The Hall–Kier alpha value is -2.43. The van der Waals surface area contributed by atoms with E-state index < -0.39 is 5.97 Å². The third kappa shape index (κ3) is 2.23. The first-order valence-electron chi connectivity index (χ1n) is 4.83. The van der Waals surface area contributed by atoms with Crippen LogP contribution in [0.5, 0.6) is 0 Å². The van der Waals surface area contributed by atoms with E-state index in [-0.39, 0.29) is 17.3 Å². The van der Waals surface area contributed by atoms with E-state index in [1.54, 1.807) is 18.2 Å². The number of benzene rings is 1. The van der Waals surface area contributed by atoms with Gasteiger partial charge in [0.25, 0.3) is 0 Å². The largest absolute Gasteiger partial charge is 0.477 e. The highest BCUT2D eigenvalue weighted by Gasteiger charge is 2.09. The Labute approximate surface area is 96.5 Å². The minimum atomic E-state index is -1.14. The standard InChI is InChI=1S/C12H9FN2O2/c13-8-3-1-7(2-4-8)9-5-6-10(12(16)17)15-11(9)14/h1-6H,(H2,14,15)(H,16,17). The molecule has 0 aliphatic carbocycles. The van der Waals surface area contributed by atoms with Gasteiger partial charge in [0.2, 0.25) is 0 Å². The highest BCUT2D eigenvalue weighted by Crippen LogP contribution is 2.24. The summed E-state index contributed by atoms with van der Waals surface area (Å²) in [4.78, 5) is 14.4. The zero-order chi connectivity index (χ0) is 12.4. The van der Waals surface area contributed by atoms with Crippen molar-refractivity contribution in [2.45, 2.75) is 0 Å². The van der Waals surface area contributed by atoms with Gasteiger partial charge in [0.15, 0.2) is 5.69 Å². The molecule has 0 atom stereocenters. The first-order chi connectivity index (χ1) is 8.08. The molecule has 0 amide bonds. The maximum atomic E-state index is 12.7. The molecule has 1 heterocycles. The second kappa shape index (κ2) is 4.21. The van der Waals surface area contributed by atoms with Gasteiger partial charge in [-0.1, -0.05) is 12.1 Å². The maximum absolute atomic E-state index is 12.7. The van der Waals surface area contributed by atoms with E-state index in [0.29, 0.717) is 11.1 Å². The van der Waals surface area contributed by atoms with E-state index in [4.69, 9.17) is 10.8 Å². The summed E-state index contributed by atoms with van der Waals surface area (Å²) < 4.78 is 12.7. The lowest BCUT2D eigenvalue weighted by atomic mass is 10.1. The van der Waals surface area contributed by atoms with Gasteiger partial charge in [-0.15, -0.1) is 0 Å². The van der Waals surface area contributed by atoms with Crippen molar-refractivity contribution < 1.29 is 14.3 Å². The SMILES string of the molecule is Nc1nc(C(=O)O)ccc1-c1ccc(F)cc1. The molecule has 1 aromatic heterocycles. The molecule has 4 nitrogen and oxygen atoms in total. The number of carbonyl (C=O) groups is 1. The number of hydrogen-bond acceptors (Lipinski definition) is 3. The monoisotopic (exact) mass is 232 g/mol. The minimum absolute atomic E-state index is 0.108. The van der Waals surface area contributed by atoms with Gasteiger partial charge in [-0.05, 0) is 29.8 Å². The van der Waals surface area contributed by atoms with Crippen LogP contribution in [0.4, 0.5) is 10.2 Å². The Kier molecular flexibility index (Phi) is 2.74. The smallest absolute Gasteiger partial charge is 0.354 e. The quantitative estimate of drug-likeness (QED) is 0.831. The molecular weight excluding hydrogens is 223 g/mol. The van der Waals surface area contributed by atoms with Gasteiger partial charge in [-0.3, -0.25) is 0 Å². The Balaban J connectivity index is 2.46. The van der Waals surface area contributed by atoms with Gasteiger partial charge in [-0.2, -0.15) is 0 Å². The lowest BCUT2D eigenvalue weighted by molar-refractivity contribution is 0.0690. The van der Waals surface area contributed by atoms with Crippen LogP contribution in [0.2, 0.25) is 0 Å². The maximum Gasteiger partial charge on any atom is 0.354 e. The number of carboxylic acids is 1. The lowest BCUT2D eigenvalue weighted by Gasteiger charge is -2.05. The number of carboxylic acid groups (broad SMARTS) is 1. The summed E-state index contributed by atoms with van der Waals surface area (Å²) in [5.74, 6) is -1.37. The van der Waals surface area contributed by atoms with Crippen molar-refractivity contribution in [3.8, 4) is 11.1 Å². The molecule has 17 heavy (non-hydrogen) atoms. The summed E-state index contributed by atoms with van der Waals surface area (Å²) in [6, 6.07) is 8.64. The molecule has 5 heteroatoms. The van der Waals surface area contributed by atoms with Gasteiger partial charge in [0.05, 0.1) is 0 Å². The van der Waals surface area contributed by atoms with E-state index >= 15 is 0 Å². The predicted octanol–water partition coefficient (Wildman–Crippen LogP) is 2.17. The van der Waals surface area contributed by atoms with E-state index in [1.807, 2.05) is 0 Å². The Bertz CT molecular complexity index is 567. The zero-order valence-electron chi connectivity index (χ0n) is 8.72. The predicted molar refractivity (Wildman–Crippen MR) is 61.0 cm³/mol.